The largest absolute Gasteiger partial charge is 0.497 e. The van der Waals surface area contributed by atoms with Crippen molar-refractivity contribution in [1.29, 1.82) is 0 Å². The first-order valence-corrected chi connectivity index (χ1v) is 8.85. The van der Waals surface area contributed by atoms with Gasteiger partial charge in [-0.25, -0.2) is 0 Å². The van der Waals surface area contributed by atoms with E-state index in [4.69, 9.17) is 14.2 Å². The molecule has 140 valence electrons. The summed E-state index contributed by atoms with van der Waals surface area (Å²) in [6.45, 7) is 6.08. The van der Waals surface area contributed by atoms with Crippen molar-refractivity contribution in [3.8, 4) is 17.2 Å². The summed E-state index contributed by atoms with van der Waals surface area (Å²) >= 11 is 0. The second-order valence-electron chi connectivity index (χ2n) is 6.12. The SMILES string of the molecule is CCc1ccccc1O[C@@H](C)C(=O)N[C@H](C)COc1ccc(OC)cc1. The molecule has 0 fully saturated rings. The third-order valence-electron chi connectivity index (χ3n) is 3.97. The number of carbonyl (C=O) groups is 1. The number of carbonyl (C=O) groups excluding carboxylic acids is 1. The number of hydrogen-bond donors (Lipinski definition) is 1. The van der Waals surface area contributed by atoms with Gasteiger partial charge in [0.1, 0.15) is 23.9 Å². The lowest BCUT2D eigenvalue weighted by molar-refractivity contribution is -0.128. The van der Waals surface area contributed by atoms with E-state index in [9.17, 15) is 4.79 Å². The van der Waals surface area contributed by atoms with Gasteiger partial charge in [0.15, 0.2) is 6.10 Å². The van der Waals surface area contributed by atoms with Crippen LogP contribution in [0.3, 0.4) is 0 Å². The minimum Gasteiger partial charge on any atom is -0.497 e. The molecule has 0 radical (unpaired) electrons. The van der Waals surface area contributed by atoms with E-state index in [0.29, 0.717) is 6.61 Å². The van der Waals surface area contributed by atoms with Gasteiger partial charge in [-0.1, -0.05) is 25.1 Å². The van der Waals surface area contributed by atoms with E-state index < -0.39 is 6.10 Å². The smallest absolute Gasteiger partial charge is 0.261 e. The minimum atomic E-state index is -0.578. The van der Waals surface area contributed by atoms with Crippen LogP contribution in [-0.4, -0.2) is 31.8 Å². The Bertz CT molecular complexity index is 699. The average Bonchev–Trinajstić information content (AvgIpc) is 2.67. The zero-order valence-corrected chi connectivity index (χ0v) is 15.8. The first-order chi connectivity index (χ1) is 12.5. The maximum Gasteiger partial charge on any atom is 0.261 e. The van der Waals surface area contributed by atoms with Crippen LogP contribution >= 0.6 is 0 Å². The molecule has 0 aliphatic rings. The molecule has 0 saturated carbocycles. The molecule has 2 aromatic rings. The zero-order valence-electron chi connectivity index (χ0n) is 15.8. The number of methoxy groups -OCH3 is 1. The van der Waals surface area contributed by atoms with Crippen molar-refractivity contribution in [3.63, 3.8) is 0 Å². The van der Waals surface area contributed by atoms with Gasteiger partial charge in [-0.3, -0.25) is 4.79 Å². The summed E-state index contributed by atoms with van der Waals surface area (Å²) in [5.41, 5.74) is 1.09. The summed E-state index contributed by atoms with van der Waals surface area (Å²) in [6.07, 6.45) is 0.280. The Morgan fingerprint density at radius 3 is 2.35 bits per heavy atom. The van der Waals surface area contributed by atoms with Crippen LogP contribution in [-0.2, 0) is 11.2 Å². The molecular weight excluding hydrogens is 330 g/mol. The lowest BCUT2D eigenvalue weighted by Crippen LogP contribution is -2.43. The predicted molar refractivity (Wildman–Crippen MR) is 102 cm³/mol. The van der Waals surface area contributed by atoms with Crippen LogP contribution in [0, 0.1) is 0 Å². The standard InChI is InChI=1S/C21H27NO4/c1-5-17-8-6-7-9-20(17)26-16(3)21(23)22-15(2)14-25-19-12-10-18(24-4)11-13-19/h6-13,15-16H,5,14H2,1-4H3,(H,22,23)/t15-,16+/m1/s1. The third-order valence-corrected chi connectivity index (χ3v) is 3.97. The highest BCUT2D eigenvalue weighted by atomic mass is 16.5. The van der Waals surface area contributed by atoms with E-state index in [0.717, 1.165) is 29.2 Å². The molecule has 26 heavy (non-hydrogen) atoms. The highest BCUT2D eigenvalue weighted by Crippen LogP contribution is 2.20. The molecule has 2 rings (SSSR count). The summed E-state index contributed by atoms with van der Waals surface area (Å²) in [5.74, 6) is 2.09. The zero-order chi connectivity index (χ0) is 18.9. The molecular formula is C21H27NO4. The number of ether oxygens (including phenoxy) is 3. The molecule has 2 atom stereocenters. The summed E-state index contributed by atoms with van der Waals surface area (Å²) in [5, 5.41) is 2.92. The molecule has 0 aliphatic heterocycles. The van der Waals surface area contributed by atoms with Crippen LogP contribution in [0.25, 0.3) is 0 Å². The van der Waals surface area contributed by atoms with Crippen LogP contribution in [0.15, 0.2) is 48.5 Å². The highest BCUT2D eigenvalue weighted by Gasteiger charge is 2.18. The van der Waals surface area contributed by atoms with Crippen LogP contribution < -0.4 is 19.5 Å². The summed E-state index contributed by atoms with van der Waals surface area (Å²) < 4.78 is 16.6. The maximum atomic E-state index is 12.3. The van der Waals surface area contributed by atoms with Gasteiger partial charge >= 0.3 is 0 Å². The van der Waals surface area contributed by atoms with E-state index in [1.807, 2.05) is 55.5 Å². The minimum absolute atomic E-state index is 0.142. The number of rotatable bonds is 9. The van der Waals surface area contributed by atoms with Crippen LogP contribution in [0.5, 0.6) is 17.2 Å². The van der Waals surface area contributed by atoms with E-state index in [1.54, 1.807) is 14.0 Å². The van der Waals surface area contributed by atoms with E-state index in [-0.39, 0.29) is 11.9 Å². The lowest BCUT2D eigenvalue weighted by Gasteiger charge is -2.20. The van der Waals surface area contributed by atoms with Gasteiger partial charge in [-0.2, -0.15) is 0 Å². The quantitative estimate of drug-likeness (QED) is 0.745. The Morgan fingerprint density at radius 1 is 1.04 bits per heavy atom. The molecule has 5 nitrogen and oxygen atoms in total. The van der Waals surface area contributed by atoms with Crippen molar-refractivity contribution in [2.24, 2.45) is 0 Å². The first kappa shape index (κ1) is 19.6. The van der Waals surface area contributed by atoms with Crippen molar-refractivity contribution >= 4 is 5.91 Å². The summed E-state index contributed by atoms with van der Waals surface area (Å²) in [4.78, 5) is 12.3. The second kappa shape index (κ2) is 9.70. The molecule has 0 spiro atoms. The monoisotopic (exact) mass is 357 g/mol. The molecule has 0 unspecified atom stereocenters. The van der Waals surface area contributed by atoms with E-state index >= 15 is 0 Å². The fraction of sp³-hybridized carbons (Fsp3) is 0.381. The lowest BCUT2D eigenvalue weighted by atomic mass is 10.1. The molecule has 2 aromatic carbocycles. The fourth-order valence-electron chi connectivity index (χ4n) is 2.45. The van der Waals surface area contributed by atoms with Gasteiger partial charge in [0.05, 0.1) is 13.2 Å². The molecule has 0 bridgehead atoms. The van der Waals surface area contributed by atoms with Crippen LogP contribution in [0.2, 0.25) is 0 Å². The van der Waals surface area contributed by atoms with Gasteiger partial charge in [-0.15, -0.1) is 0 Å². The van der Waals surface area contributed by atoms with Gasteiger partial charge in [0.2, 0.25) is 0 Å². The normalized spacial score (nSPS) is 12.8. The third kappa shape index (κ3) is 5.69. The van der Waals surface area contributed by atoms with E-state index in [1.165, 1.54) is 0 Å². The molecule has 1 amide bonds. The van der Waals surface area contributed by atoms with Crippen LogP contribution in [0.4, 0.5) is 0 Å². The molecule has 0 heterocycles. The Kier molecular flexibility index (Phi) is 7.33. The van der Waals surface area contributed by atoms with Crippen molar-refractivity contribution in [3.05, 3.63) is 54.1 Å². The Morgan fingerprint density at radius 2 is 1.69 bits per heavy atom. The van der Waals surface area contributed by atoms with Crippen molar-refractivity contribution in [2.75, 3.05) is 13.7 Å². The van der Waals surface area contributed by atoms with Crippen molar-refractivity contribution < 1.29 is 19.0 Å². The highest BCUT2D eigenvalue weighted by molar-refractivity contribution is 5.81. The Hall–Kier alpha value is -2.69. The van der Waals surface area contributed by atoms with Gasteiger partial charge in [-0.05, 0) is 56.2 Å². The number of hydrogen-bond acceptors (Lipinski definition) is 4. The van der Waals surface area contributed by atoms with Crippen LogP contribution in [0.1, 0.15) is 26.3 Å². The molecule has 0 aromatic heterocycles. The Labute approximate surface area is 155 Å². The number of aryl methyl sites for hydroxylation is 1. The molecule has 0 saturated heterocycles. The molecule has 1 N–H and O–H groups in total. The van der Waals surface area contributed by atoms with Gasteiger partial charge in [0.25, 0.3) is 5.91 Å². The van der Waals surface area contributed by atoms with Crippen molar-refractivity contribution in [1.82, 2.24) is 5.32 Å². The van der Waals surface area contributed by atoms with Gasteiger partial charge < -0.3 is 19.5 Å². The van der Waals surface area contributed by atoms with E-state index in [2.05, 4.69) is 12.2 Å². The number of para-hydroxylation sites is 1. The predicted octanol–water partition coefficient (Wildman–Crippen LogP) is 3.61. The number of benzene rings is 2. The number of nitrogens with one attached hydrogen (secondary N) is 1. The summed E-state index contributed by atoms with van der Waals surface area (Å²) in [6, 6.07) is 15.0. The Balaban J connectivity index is 1.81. The first-order valence-electron chi connectivity index (χ1n) is 8.85. The number of amides is 1. The molecule has 5 heteroatoms. The topological polar surface area (TPSA) is 56.8 Å². The maximum absolute atomic E-state index is 12.3. The van der Waals surface area contributed by atoms with Crippen molar-refractivity contribution in [2.45, 2.75) is 39.3 Å². The second-order valence-corrected chi connectivity index (χ2v) is 6.12. The van der Waals surface area contributed by atoms with Gasteiger partial charge in [0, 0.05) is 0 Å². The fourth-order valence-corrected chi connectivity index (χ4v) is 2.45. The average molecular weight is 357 g/mol. The molecule has 0 aliphatic carbocycles. The summed E-state index contributed by atoms with van der Waals surface area (Å²) in [7, 11) is 1.62.